The SMILES string of the molecule is CCc1ccc(-c2nc(=S)n(C[NH+]3CCN(c4ccc(F)cc4)CC3)[nH]2)cc1. The van der Waals surface area contributed by atoms with E-state index in [-0.39, 0.29) is 5.82 Å². The molecule has 1 aromatic heterocycles. The first-order valence-corrected chi connectivity index (χ1v) is 10.1. The van der Waals surface area contributed by atoms with Crippen LogP contribution in [0.5, 0.6) is 0 Å². The molecule has 5 nitrogen and oxygen atoms in total. The van der Waals surface area contributed by atoms with Crippen LogP contribution in [0.4, 0.5) is 10.1 Å². The Bertz CT molecular complexity index is 969. The number of aromatic amines is 1. The van der Waals surface area contributed by atoms with Gasteiger partial charge in [-0.15, -0.1) is 0 Å². The highest BCUT2D eigenvalue weighted by Gasteiger charge is 2.21. The third-order valence-corrected chi connectivity index (χ3v) is 5.67. The molecule has 4 rings (SSSR count). The summed E-state index contributed by atoms with van der Waals surface area (Å²) in [7, 11) is 0. The molecule has 0 amide bonds. The van der Waals surface area contributed by atoms with E-state index >= 15 is 0 Å². The second-order valence-electron chi connectivity index (χ2n) is 7.20. The molecule has 0 aliphatic carbocycles. The van der Waals surface area contributed by atoms with Crippen LogP contribution in [-0.2, 0) is 13.1 Å². The number of hydrogen-bond donors (Lipinski definition) is 2. The van der Waals surface area contributed by atoms with Gasteiger partial charge in [0.15, 0.2) is 12.5 Å². The molecule has 0 saturated carbocycles. The summed E-state index contributed by atoms with van der Waals surface area (Å²) in [6.45, 7) is 6.80. The second-order valence-corrected chi connectivity index (χ2v) is 7.57. The number of aromatic nitrogens is 3. The zero-order valence-corrected chi connectivity index (χ0v) is 16.8. The Morgan fingerprint density at radius 1 is 1.07 bits per heavy atom. The van der Waals surface area contributed by atoms with Gasteiger partial charge in [0.25, 0.3) is 0 Å². The standard InChI is InChI=1S/C21H24FN5S/c1-2-16-3-5-17(6-4-16)20-23-21(28)27(24-20)15-25-11-13-26(14-12-25)19-9-7-18(22)8-10-19/h3-10H,2,11-15H2,1H3,(H,23,24,28)/p+1. The van der Waals surface area contributed by atoms with E-state index in [0.29, 0.717) is 4.77 Å². The van der Waals surface area contributed by atoms with E-state index in [9.17, 15) is 4.39 Å². The number of hydrogen-bond acceptors (Lipinski definition) is 3. The number of benzene rings is 2. The maximum absolute atomic E-state index is 13.1. The van der Waals surface area contributed by atoms with Gasteiger partial charge in [0.05, 0.1) is 26.2 Å². The quantitative estimate of drug-likeness (QED) is 0.650. The lowest BCUT2D eigenvalue weighted by Crippen LogP contribution is -3.14. The number of piperazine rings is 1. The largest absolute Gasteiger partial charge is 0.360 e. The number of H-pyrrole nitrogens is 1. The molecule has 2 aromatic carbocycles. The van der Waals surface area contributed by atoms with Gasteiger partial charge in [-0.3, -0.25) is 5.10 Å². The molecular formula is C21H25FN5S+. The predicted molar refractivity (Wildman–Crippen MR) is 112 cm³/mol. The molecular weight excluding hydrogens is 373 g/mol. The van der Waals surface area contributed by atoms with Gasteiger partial charge in [0.2, 0.25) is 4.77 Å². The lowest BCUT2D eigenvalue weighted by molar-refractivity contribution is -0.924. The summed E-state index contributed by atoms with van der Waals surface area (Å²) < 4.78 is 15.7. The fraction of sp³-hybridized carbons (Fsp3) is 0.333. The number of halogens is 1. The van der Waals surface area contributed by atoms with Crippen LogP contribution in [0.25, 0.3) is 11.4 Å². The van der Waals surface area contributed by atoms with E-state index in [0.717, 1.165) is 56.3 Å². The normalized spacial score (nSPS) is 15.1. The Hall–Kier alpha value is -2.51. The fourth-order valence-electron chi connectivity index (χ4n) is 3.61. The first-order chi connectivity index (χ1) is 13.6. The molecule has 3 aromatic rings. The molecule has 1 aliphatic rings. The summed E-state index contributed by atoms with van der Waals surface area (Å²) in [6.07, 6.45) is 1.03. The summed E-state index contributed by atoms with van der Waals surface area (Å²) in [5.74, 6) is 0.624. The Labute approximate surface area is 169 Å². The number of aryl methyl sites for hydroxylation is 1. The summed E-state index contributed by atoms with van der Waals surface area (Å²) in [4.78, 5) is 8.29. The lowest BCUT2D eigenvalue weighted by Gasteiger charge is -2.33. The minimum Gasteiger partial charge on any atom is -0.360 e. The minimum absolute atomic E-state index is 0.193. The zero-order chi connectivity index (χ0) is 19.5. The molecule has 0 bridgehead atoms. The molecule has 1 aliphatic heterocycles. The van der Waals surface area contributed by atoms with Crippen molar-refractivity contribution in [2.75, 3.05) is 31.1 Å². The molecule has 0 atom stereocenters. The Kier molecular flexibility index (Phi) is 5.54. The van der Waals surface area contributed by atoms with Crippen molar-refractivity contribution in [1.29, 1.82) is 0 Å². The second kappa shape index (κ2) is 8.24. The average molecular weight is 399 g/mol. The van der Waals surface area contributed by atoms with Crippen molar-refractivity contribution >= 4 is 17.9 Å². The van der Waals surface area contributed by atoms with E-state index < -0.39 is 0 Å². The zero-order valence-electron chi connectivity index (χ0n) is 16.0. The van der Waals surface area contributed by atoms with Gasteiger partial charge in [0.1, 0.15) is 5.82 Å². The van der Waals surface area contributed by atoms with Gasteiger partial charge in [0, 0.05) is 11.3 Å². The van der Waals surface area contributed by atoms with Crippen molar-refractivity contribution in [3.8, 4) is 11.4 Å². The van der Waals surface area contributed by atoms with Gasteiger partial charge in [-0.2, -0.15) is 4.98 Å². The topological polar surface area (TPSA) is 41.3 Å². The molecule has 2 N–H and O–H groups in total. The Balaban J connectivity index is 1.39. The van der Waals surface area contributed by atoms with E-state index in [1.807, 2.05) is 16.8 Å². The van der Waals surface area contributed by atoms with E-state index in [4.69, 9.17) is 12.2 Å². The van der Waals surface area contributed by atoms with Crippen molar-refractivity contribution in [3.05, 3.63) is 64.7 Å². The van der Waals surface area contributed by atoms with Crippen molar-refractivity contribution in [2.45, 2.75) is 20.0 Å². The molecule has 28 heavy (non-hydrogen) atoms. The van der Waals surface area contributed by atoms with Crippen LogP contribution in [0, 0.1) is 10.6 Å². The molecule has 146 valence electrons. The number of rotatable bonds is 5. The van der Waals surface area contributed by atoms with Gasteiger partial charge >= 0.3 is 0 Å². The number of nitrogens with zero attached hydrogens (tertiary/aromatic N) is 3. The third kappa shape index (κ3) is 4.15. The van der Waals surface area contributed by atoms with Crippen molar-refractivity contribution < 1.29 is 9.29 Å². The molecule has 2 heterocycles. The molecule has 0 radical (unpaired) electrons. The monoisotopic (exact) mass is 398 g/mol. The first kappa shape index (κ1) is 18.8. The van der Waals surface area contributed by atoms with E-state index in [1.165, 1.54) is 22.6 Å². The first-order valence-electron chi connectivity index (χ1n) is 9.72. The van der Waals surface area contributed by atoms with Gasteiger partial charge in [-0.05, 0) is 48.5 Å². The van der Waals surface area contributed by atoms with Crippen LogP contribution < -0.4 is 9.80 Å². The van der Waals surface area contributed by atoms with Gasteiger partial charge in [-0.1, -0.05) is 31.2 Å². The smallest absolute Gasteiger partial charge is 0.221 e. The van der Waals surface area contributed by atoms with Crippen molar-refractivity contribution in [2.24, 2.45) is 0 Å². The molecule has 0 unspecified atom stereocenters. The summed E-state index contributed by atoms with van der Waals surface area (Å²) in [5.41, 5.74) is 3.44. The lowest BCUT2D eigenvalue weighted by atomic mass is 10.1. The maximum Gasteiger partial charge on any atom is 0.221 e. The molecule has 7 heteroatoms. The van der Waals surface area contributed by atoms with Crippen molar-refractivity contribution in [3.63, 3.8) is 0 Å². The molecule has 1 fully saturated rings. The van der Waals surface area contributed by atoms with Crippen molar-refractivity contribution in [1.82, 2.24) is 14.8 Å². The summed E-state index contributed by atoms with van der Waals surface area (Å²) >= 11 is 5.46. The molecule has 0 spiro atoms. The van der Waals surface area contributed by atoms with Crippen LogP contribution >= 0.6 is 12.2 Å². The summed E-state index contributed by atoms with van der Waals surface area (Å²) in [6, 6.07) is 15.2. The summed E-state index contributed by atoms with van der Waals surface area (Å²) in [5, 5.41) is 3.36. The third-order valence-electron chi connectivity index (χ3n) is 5.36. The van der Waals surface area contributed by atoms with Gasteiger partial charge < -0.3 is 9.80 Å². The highest BCUT2D eigenvalue weighted by Crippen LogP contribution is 2.16. The number of anilines is 1. The Morgan fingerprint density at radius 2 is 1.75 bits per heavy atom. The van der Waals surface area contributed by atoms with E-state index in [1.54, 1.807) is 0 Å². The van der Waals surface area contributed by atoms with Crippen LogP contribution in [0.15, 0.2) is 48.5 Å². The number of quaternary nitrogens is 1. The highest BCUT2D eigenvalue weighted by atomic mass is 32.1. The predicted octanol–water partition coefficient (Wildman–Crippen LogP) is 2.67. The van der Waals surface area contributed by atoms with E-state index in [2.05, 4.69) is 46.2 Å². The number of nitrogens with one attached hydrogen (secondary N) is 2. The fourth-order valence-corrected chi connectivity index (χ4v) is 3.81. The van der Waals surface area contributed by atoms with Crippen LogP contribution in [0.3, 0.4) is 0 Å². The van der Waals surface area contributed by atoms with Crippen LogP contribution in [0.2, 0.25) is 0 Å². The Morgan fingerprint density at radius 3 is 2.39 bits per heavy atom. The van der Waals surface area contributed by atoms with Gasteiger partial charge in [-0.25, -0.2) is 9.07 Å². The maximum atomic E-state index is 13.1. The van der Waals surface area contributed by atoms with Crippen LogP contribution in [0.1, 0.15) is 12.5 Å². The minimum atomic E-state index is -0.193. The highest BCUT2D eigenvalue weighted by molar-refractivity contribution is 7.71. The average Bonchev–Trinajstić information content (AvgIpc) is 3.09. The van der Waals surface area contributed by atoms with Crippen LogP contribution in [-0.4, -0.2) is 40.9 Å². The molecule has 1 saturated heterocycles.